The zero-order chi connectivity index (χ0) is 20.7. The number of hydrogen-bond donors (Lipinski definition) is 1. The predicted molar refractivity (Wildman–Crippen MR) is 112 cm³/mol. The topological polar surface area (TPSA) is 71.0 Å². The highest BCUT2D eigenvalue weighted by Gasteiger charge is 2.47. The van der Waals surface area contributed by atoms with Gasteiger partial charge in [0.2, 0.25) is 0 Å². The number of amides is 1. The van der Waals surface area contributed by atoms with E-state index in [-0.39, 0.29) is 18.0 Å². The lowest BCUT2D eigenvalue weighted by Crippen LogP contribution is -2.47. The van der Waals surface area contributed by atoms with Crippen LogP contribution in [0.25, 0.3) is 11.4 Å². The Bertz CT molecular complexity index is 1080. The number of carbonyl (C=O) groups excluding carboxylic acids is 1. The highest BCUT2D eigenvalue weighted by molar-refractivity contribution is 6.30. The molecule has 0 spiro atoms. The molecule has 3 heterocycles. The molecule has 3 aromatic rings. The van der Waals surface area contributed by atoms with Crippen molar-refractivity contribution in [1.82, 2.24) is 19.9 Å². The third-order valence-electron chi connectivity index (χ3n) is 5.82. The second-order valence-corrected chi connectivity index (χ2v) is 8.17. The Kier molecular flexibility index (Phi) is 4.83. The summed E-state index contributed by atoms with van der Waals surface area (Å²) in [5, 5.41) is 4.02. The van der Waals surface area contributed by atoms with Crippen LogP contribution in [0.4, 0.5) is 10.2 Å². The van der Waals surface area contributed by atoms with Crippen LogP contribution in [0.3, 0.4) is 0 Å². The number of benzene rings is 1. The summed E-state index contributed by atoms with van der Waals surface area (Å²) in [4.78, 5) is 28.1. The second kappa shape index (κ2) is 7.65. The van der Waals surface area contributed by atoms with Crippen LogP contribution >= 0.6 is 11.6 Å². The molecule has 6 nitrogen and oxygen atoms in total. The molecule has 1 saturated carbocycles. The number of nitrogens with one attached hydrogen (secondary N) is 1. The van der Waals surface area contributed by atoms with Crippen molar-refractivity contribution in [3.05, 3.63) is 71.4 Å². The summed E-state index contributed by atoms with van der Waals surface area (Å²) >= 11 is 5.92. The molecule has 1 N–H and O–H groups in total. The summed E-state index contributed by atoms with van der Waals surface area (Å²) in [5.41, 5.74) is 0.825. The van der Waals surface area contributed by atoms with Gasteiger partial charge in [-0.25, -0.2) is 19.3 Å². The van der Waals surface area contributed by atoms with E-state index in [2.05, 4.69) is 20.3 Å². The third kappa shape index (κ3) is 3.50. The fraction of sp³-hybridized carbons (Fsp3) is 0.273. The van der Waals surface area contributed by atoms with Crippen LogP contribution in [0.15, 0.2) is 55.0 Å². The molecule has 3 unspecified atom stereocenters. The number of fused-ring (bicyclic) bond motifs is 2. The molecule has 2 bridgehead atoms. The Balaban J connectivity index is 1.41. The van der Waals surface area contributed by atoms with Gasteiger partial charge in [-0.3, -0.25) is 4.79 Å². The lowest BCUT2D eigenvalue weighted by atomic mass is 10.0. The molecule has 8 heteroatoms. The summed E-state index contributed by atoms with van der Waals surface area (Å²) in [6.07, 6.45) is 6.69. The smallest absolute Gasteiger partial charge is 0.254 e. The Morgan fingerprint density at radius 3 is 2.70 bits per heavy atom. The maximum atomic E-state index is 13.9. The second-order valence-electron chi connectivity index (χ2n) is 7.74. The molecule has 1 saturated heterocycles. The van der Waals surface area contributed by atoms with Gasteiger partial charge < -0.3 is 10.2 Å². The minimum absolute atomic E-state index is 0.0505. The normalized spacial score (nSPS) is 22.3. The van der Waals surface area contributed by atoms with Crippen LogP contribution in [-0.2, 0) is 0 Å². The van der Waals surface area contributed by atoms with E-state index in [9.17, 15) is 9.18 Å². The molecule has 2 fully saturated rings. The number of carbonyl (C=O) groups is 1. The van der Waals surface area contributed by atoms with E-state index in [1.54, 1.807) is 30.7 Å². The average molecular weight is 424 g/mol. The van der Waals surface area contributed by atoms with Gasteiger partial charge in [0, 0.05) is 36.7 Å². The van der Waals surface area contributed by atoms with E-state index in [1.807, 2.05) is 11.0 Å². The van der Waals surface area contributed by atoms with Crippen molar-refractivity contribution in [2.75, 3.05) is 11.9 Å². The molecule has 30 heavy (non-hydrogen) atoms. The van der Waals surface area contributed by atoms with Crippen LogP contribution in [0, 0.1) is 11.7 Å². The van der Waals surface area contributed by atoms with Gasteiger partial charge >= 0.3 is 0 Å². The summed E-state index contributed by atoms with van der Waals surface area (Å²) in [7, 11) is 0. The quantitative estimate of drug-likeness (QED) is 0.685. The molecule has 2 aliphatic rings. The Morgan fingerprint density at radius 2 is 1.97 bits per heavy atom. The first-order valence-corrected chi connectivity index (χ1v) is 10.2. The molecule has 1 aliphatic heterocycles. The number of aromatic nitrogens is 3. The van der Waals surface area contributed by atoms with E-state index in [0.717, 1.165) is 18.7 Å². The lowest BCUT2D eigenvalue weighted by Gasteiger charge is -2.34. The number of piperidine rings is 1. The number of hydrogen-bond acceptors (Lipinski definition) is 5. The minimum atomic E-state index is -0.426. The fourth-order valence-corrected chi connectivity index (χ4v) is 4.66. The van der Waals surface area contributed by atoms with E-state index >= 15 is 0 Å². The molecule has 0 radical (unpaired) electrons. The molecule has 1 amide bonds. The molecule has 5 rings (SSSR count). The largest absolute Gasteiger partial charge is 0.365 e. The lowest BCUT2D eigenvalue weighted by molar-refractivity contribution is 0.0692. The van der Waals surface area contributed by atoms with Crippen molar-refractivity contribution in [1.29, 1.82) is 0 Å². The maximum Gasteiger partial charge on any atom is 0.254 e. The zero-order valence-corrected chi connectivity index (χ0v) is 16.8. The highest BCUT2D eigenvalue weighted by Crippen LogP contribution is 2.40. The third-order valence-corrected chi connectivity index (χ3v) is 6.05. The van der Waals surface area contributed by atoms with Crippen molar-refractivity contribution in [2.45, 2.75) is 24.9 Å². The van der Waals surface area contributed by atoms with Crippen molar-refractivity contribution in [2.24, 2.45) is 5.92 Å². The Hall–Kier alpha value is -3.06. The fourth-order valence-electron chi connectivity index (χ4n) is 4.55. The summed E-state index contributed by atoms with van der Waals surface area (Å²) in [5.74, 6) is 0.959. The van der Waals surface area contributed by atoms with E-state index in [4.69, 9.17) is 11.6 Å². The van der Waals surface area contributed by atoms with Gasteiger partial charge in [0.15, 0.2) is 5.82 Å². The van der Waals surface area contributed by atoms with Gasteiger partial charge in [0.25, 0.3) is 5.91 Å². The first-order chi connectivity index (χ1) is 14.6. The van der Waals surface area contributed by atoms with Crippen LogP contribution in [0.5, 0.6) is 0 Å². The molecule has 152 valence electrons. The highest BCUT2D eigenvalue weighted by atomic mass is 35.5. The SMILES string of the molecule is O=C(c1ccc(F)cc1-c1ncccn1)N1CC2CC(Nc3ccc(Cl)cn3)C1C2. The number of rotatable bonds is 4. The van der Waals surface area contributed by atoms with Crippen molar-refractivity contribution >= 4 is 23.3 Å². The number of halogens is 2. The molecular weight excluding hydrogens is 405 g/mol. The molecular formula is C22H19ClFN5O. The van der Waals surface area contributed by atoms with Gasteiger partial charge in [0.1, 0.15) is 11.6 Å². The molecule has 3 atom stereocenters. The Morgan fingerprint density at radius 1 is 1.13 bits per heavy atom. The summed E-state index contributed by atoms with van der Waals surface area (Å²) < 4.78 is 13.9. The van der Waals surface area contributed by atoms with Crippen LogP contribution < -0.4 is 5.32 Å². The zero-order valence-electron chi connectivity index (χ0n) is 16.0. The average Bonchev–Trinajstić information content (AvgIpc) is 3.36. The Labute approximate surface area is 178 Å². The standard InChI is InChI=1S/C22H19ClFN5O/c23-14-2-5-20(27-11-14)28-18-8-13-9-19(18)29(12-13)22(30)16-4-3-15(24)10-17(16)21-25-6-1-7-26-21/h1-7,10-11,13,18-19H,8-9,12H2,(H,27,28). The molecule has 1 aromatic carbocycles. The van der Waals surface area contributed by atoms with E-state index in [1.165, 1.54) is 18.2 Å². The van der Waals surface area contributed by atoms with Crippen molar-refractivity contribution in [3.8, 4) is 11.4 Å². The van der Waals surface area contributed by atoms with Gasteiger partial charge in [-0.15, -0.1) is 0 Å². The first-order valence-electron chi connectivity index (χ1n) is 9.84. The first kappa shape index (κ1) is 18.9. The van der Waals surface area contributed by atoms with Crippen LogP contribution in [0.1, 0.15) is 23.2 Å². The number of anilines is 1. The van der Waals surface area contributed by atoms with E-state index < -0.39 is 5.82 Å². The number of pyridine rings is 1. The molecule has 2 aromatic heterocycles. The summed E-state index contributed by atoms with van der Waals surface area (Å²) in [6.45, 7) is 0.697. The number of likely N-dealkylation sites (tertiary alicyclic amines) is 1. The van der Waals surface area contributed by atoms with Crippen molar-refractivity contribution in [3.63, 3.8) is 0 Å². The maximum absolute atomic E-state index is 13.9. The molecule has 1 aliphatic carbocycles. The van der Waals surface area contributed by atoms with Crippen molar-refractivity contribution < 1.29 is 9.18 Å². The van der Waals surface area contributed by atoms with Gasteiger partial charge in [-0.05, 0) is 55.2 Å². The van der Waals surface area contributed by atoms with Crippen LogP contribution in [0.2, 0.25) is 5.02 Å². The summed E-state index contributed by atoms with van der Waals surface area (Å²) in [6, 6.07) is 9.63. The van der Waals surface area contributed by atoms with E-state index in [0.29, 0.717) is 34.4 Å². The van der Waals surface area contributed by atoms with Gasteiger partial charge in [0.05, 0.1) is 16.6 Å². The van der Waals surface area contributed by atoms with Crippen LogP contribution in [-0.4, -0.2) is 44.4 Å². The van der Waals surface area contributed by atoms with Gasteiger partial charge in [-0.2, -0.15) is 0 Å². The number of nitrogens with zero attached hydrogens (tertiary/aromatic N) is 4. The van der Waals surface area contributed by atoms with Gasteiger partial charge in [-0.1, -0.05) is 11.6 Å². The minimum Gasteiger partial charge on any atom is -0.365 e. The predicted octanol–water partition coefficient (Wildman–Crippen LogP) is 4.05. The monoisotopic (exact) mass is 423 g/mol.